The molecule has 0 unspecified atom stereocenters. The molecule has 2 aromatic carbocycles. The summed E-state index contributed by atoms with van der Waals surface area (Å²) in [5.74, 6) is 0.395. The Morgan fingerprint density at radius 2 is 1.87 bits per heavy atom. The molecule has 8 heteroatoms. The summed E-state index contributed by atoms with van der Waals surface area (Å²) in [6.07, 6.45) is 1.63. The number of hydrogen-bond donors (Lipinski definition) is 2. The monoisotopic (exact) mass is 405 g/mol. The summed E-state index contributed by atoms with van der Waals surface area (Å²) in [5.41, 5.74) is 4.00. The number of rotatable bonds is 7. The lowest BCUT2D eigenvalue weighted by molar-refractivity contribution is 0.282. The molecule has 4 aromatic rings. The number of benzene rings is 2. The summed E-state index contributed by atoms with van der Waals surface area (Å²) in [5, 5.41) is 12.5. The van der Waals surface area contributed by atoms with Crippen molar-refractivity contribution in [2.24, 2.45) is 0 Å². The Morgan fingerprint density at radius 3 is 2.63 bits per heavy atom. The number of aromatic nitrogens is 4. The molecule has 2 heterocycles. The first-order valence-corrected chi connectivity index (χ1v) is 9.52. The van der Waals surface area contributed by atoms with E-state index in [2.05, 4.69) is 25.3 Å². The number of nitrogens with zero attached hydrogens (tertiary/aromatic N) is 4. The number of fused-ring (bicyclic) bond motifs is 1. The second kappa shape index (κ2) is 8.79. The number of aliphatic hydroxyl groups excluding tert-OH is 1. The van der Waals surface area contributed by atoms with Crippen molar-refractivity contribution < 1.29 is 14.2 Å². The van der Waals surface area contributed by atoms with E-state index < -0.39 is 0 Å². The third-order valence-corrected chi connectivity index (χ3v) is 4.43. The van der Waals surface area contributed by atoms with Crippen LogP contribution in [0.2, 0.25) is 0 Å². The van der Waals surface area contributed by atoms with Crippen LogP contribution in [-0.4, -0.2) is 31.6 Å². The SMILES string of the molecule is CCOc1nc(NCc2ccc(F)cc2)nc2ncc(-c3cccc(CO)c3)nc12. The van der Waals surface area contributed by atoms with E-state index in [0.717, 1.165) is 16.7 Å². The van der Waals surface area contributed by atoms with Gasteiger partial charge in [-0.05, 0) is 36.2 Å². The predicted molar refractivity (Wildman–Crippen MR) is 111 cm³/mol. The molecule has 152 valence electrons. The van der Waals surface area contributed by atoms with Gasteiger partial charge in [0.25, 0.3) is 0 Å². The van der Waals surface area contributed by atoms with Gasteiger partial charge < -0.3 is 15.2 Å². The normalized spacial score (nSPS) is 10.9. The van der Waals surface area contributed by atoms with E-state index in [0.29, 0.717) is 41.8 Å². The van der Waals surface area contributed by atoms with Crippen LogP contribution in [0.3, 0.4) is 0 Å². The zero-order chi connectivity index (χ0) is 20.9. The highest BCUT2D eigenvalue weighted by Gasteiger charge is 2.13. The summed E-state index contributed by atoms with van der Waals surface area (Å²) >= 11 is 0. The van der Waals surface area contributed by atoms with Gasteiger partial charge in [0.15, 0.2) is 11.2 Å². The van der Waals surface area contributed by atoms with E-state index in [1.807, 2.05) is 31.2 Å². The molecule has 0 saturated heterocycles. The maximum absolute atomic E-state index is 13.1. The summed E-state index contributed by atoms with van der Waals surface area (Å²) in [6.45, 7) is 2.65. The molecular formula is C22H20FN5O2. The molecule has 0 atom stereocenters. The molecule has 4 rings (SSSR count). The number of nitrogens with one attached hydrogen (secondary N) is 1. The Kier molecular flexibility index (Phi) is 5.76. The number of ether oxygens (including phenoxy) is 1. The third kappa shape index (κ3) is 4.33. The summed E-state index contributed by atoms with van der Waals surface area (Å²) in [7, 11) is 0. The van der Waals surface area contributed by atoms with E-state index in [1.54, 1.807) is 18.3 Å². The first kappa shape index (κ1) is 19.7. The maximum Gasteiger partial charge on any atom is 0.247 e. The van der Waals surface area contributed by atoms with Gasteiger partial charge in [-0.1, -0.05) is 30.3 Å². The van der Waals surface area contributed by atoms with Crippen LogP contribution in [0.4, 0.5) is 10.3 Å². The second-order valence-corrected chi connectivity index (χ2v) is 6.55. The number of halogens is 1. The topological polar surface area (TPSA) is 93.0 Å². The van der Waals surface area contributed by atoms with Gasteiger partial charge in [-0.15, -0.1) is 0 Å². The third-order valence-electron chi connectivity index (χ3n) is 4.43. The minimum absolute atomic E-state index is 0.0504. The number of anilines is 1. The summed E-state index contributed by atoms with van der Waals surface area (Å²) in [4.78, 5) is 17.9. The largest absolute Gasteiger partial charge is 0.476 e. The molecule has 2 aromatic heterocycles. The molecule has 0 fully saturated rings. The lowest BCUT2D eigenvalue weighted by Crippen LogP contribution is -2.07. The molecule has 0 radical (unpaired) electrons. The zero-order valence-electron chi connectivity index (χ0n) is 16.3. The van der Waals surface area contributed by atoms with Gasteiger partial charge in [-0.3, -0.25) is 0 Å². The summed E-state index contributed by atoms with van der Waals surface area (Å²) in [6, 6.07) is 13.6. The van der Waals surface area contributed by atoms with Crippen molar-refractivity contribution in [2.45, 2.75) is 20.1 Å². The van der Waals surface area contributed by atoms with Crippen molar-refractivity contribution in [3.05, 3.63) is 71.7 Å². The van der Waals surface area contributed by atoms with Crippen LogP contribution >= 0.6 is 0 Å². The fraction of sp³-hybridized carbons (Fsp3) is 0.182. The highest BCUT2D eigenvalue weighted by molar-refractivity contribution is 5.79. The average molecular weight is 405 g/mol. The number of hydrogen-bond acceptors (Lipinski definition) is 7. The quantitative estimate of drug-likeness (QED) is 0.484. The van der Waals surface area contributed by atoms with Gasteiger partial charge >= 0.3 is 0 Å². The zero-order valence-corrected chi connectivity index (χ0v) is 16.3. The molecule has 0 saturated carbocycles. The molecule has 0 bridgehead atoms. The van der Waals surface area contributed by atoms with Crippen LogP contribution in [0, 0.1) is 5.82 Å². The van der Waals surface area contributed by atoms with Crippen LogP contribution < -0.4 is 10.1 Å². The van der Waals surface area contributed by atoms with Gasteiger partial charge in [-0.2, -0.15) is 9.97 Å². The smallest absolute Gasteiger partial charge is 0.247 e. The van der Waals surface area contributed by atoms with Crippen LogP contribution in [0.5, 0.6) is 5.88 Å². The van der Waals surface area contributed by atoms with E-state index in [4.69, 9.17) is 4.74 Å². The van der Waals surface area contributed by atoms with Gasteiger partial charge in [0.1, 0.15) is 5.82 Å². The molecule has 30 heavy (non-hydrogen) atoms. The molecule has 0 spiro atoms. The van der Waals surface area contributed by atoms with Gasteiger partial charge in [0.05, 0.1) is 25.1 Å². The first-order valence-electron chi connectivity index (χ1n) is 9.52. The van der Waals surface area contributed by atoms with Gasteiger partial charge in [0.2, 0.25) is 11.8 Å². The maximum atomic E-state index is 13.1. The van der Waals surface area contributed by atoms with Crippen LogP contribution in [0.1, 0.15) is 18.1 Å². The van der Waals surface area contributed by atoms with Crippen molar-refractivity contribution in [3.8, 4) is 17.1 Å². The highest BCUT2D eigenvalue weighted by Crippen LogP contribution is 2.25. The first-order chi connectivity index (χ1) is 14.7. The lowest BCUT2D eigenvalue weighted by Gasteiger charge is -2.11. The van der Waals surface area contributed by atoms with Crippen molar-refractivity contribution >= 4 is 17.1 Å². The van der Waals surface area contributed by atoms with Crippen LogP contribution in [0.15, 0.2) is 54.7 Å². The Hall–Kier alpha value is -3.65. The van der Waals surface area contributed by atoms with E-state index >= 15 is 0 Å². The van der Waals surface area contributed by atoms with E-state index in [-0.39, 0.29) is 12.4 Å². The van der Waals surface area contributed by atoms with Gasteiger partial charge in [-0.25, -0.2) is 14.4 Å². The Balaban J connectivity index is 1.67. The van der Waals surface area contributed by atoms with Crippen molar-refractivity contribution in [2.75, 3.05) is 11.9 Å². The predicted octanol–water partition coefficient (Wildman–Crippen LogP) is 3.73. The molecular weight excluding hydrogens is 385 g/mol. The van der Waals surface area contributed by atoms with Gasteiger partial charge in [0, 0.05) is 12.1 Å². The minimum atomic E-state index is -0.282. The number of aliphatic hydroxyl groups is 1. The van der Waals surface area contributed by atoms with E-state index in [9.17, 15) is 9.50 Å². The average Bonchev–Trinajstić information content (AvgIpc) is 2.78. The Labute approximate surface area is 172 Å². The van der Waals surface area contributed by atoms with Crippen molar-refractivity contribution in [1.82, 2.24) is 19.9 Å². The fourth-order valence-corrected chi connectivity index (χ4v) is 2.95. The standard InChI is InChI=1S/C22H20FN5O2/c1-2-30-21-19-20(24-12-18(26-19)16-5-3-4-15(10-16)13-29)27-22(28-21)25-11-14-6-8-17(23)9-7-14/h3-10,12,29H,2,11,13H2,1H3,(H,24,25,27,28). The van der Waals surface area contributed by atoms with Crippen LogP contribution in [0.25, 0.3) is 22.4 Å². The Bertz CT molecular complexity index is 1170. The van der Waals surface area contributed by atoms with Crippen LogP contribution in [-0.2, 0) is 13.2 Å². The van der Waals surface area contributed by atoms with E-state index in [1.165, 1.54) is 12.1 Å². The van der Waals surface area contributed by atoms with Crippen molar-refractivity contribution in [3.63, 3.8) is 0 Å². The molecule has 0 aliphatic heterocycles. The summed E-state index contributed by atoms with van der Waals surface area (Å²) < 4.78 is 18.8. The lowest BCUT2D eigenvalue weighted by atomic mass is 10.1. The Morgan fingerprint density at radius 1 is 1.03 bits per heavy atom. The second-order valence-electron chi connectivity index (χ2n) is 6.55. The molecule has 0 aliphatic carbocycles. The highest BCUT2D eigenvalue weighted by atomic mass is 19.1. The van der Waals surface area contributed by atoms with Crippen molar-refractivity contribution in [1.29, 1.82) is 0 Å². The molecule has 7 nitrogen and oxygen atoms in total. The molecule has 2 N–H and O–H groups in total. The minimum Gasteiger partial charge on any atom is -0.476 e. The fourth-order valence-electron chi connectivity index (χ4n) is 2.95. The molecule has 0 aliphatic rings. The molecule has 0 amide bonds.